The van der Waals surface area contributed by atoms with E-state index >= 15 is 0 Å². The quantitative estimate of drug-likeness (QED) is 0.855. The molecular weight excluding hydrogens is 282 g/mol. The largest absolute Gasteiger partial charge is 0.397 e. The lowest BCUT2D eigenvalue weighted by Gasteiger charge is -2.13. The average Bonchev–Trinajstić information content (AvgIpc) is 2.79. The van der Waals surface area contributed by atoms with Gasteiger partial charge in [0, 0.05) is 11.1 Å². The van der Waals surface area contributed by atoms with Crippen LogP contribution in [-0.2, 0) is 0 Å². The number of nitrogens with one attached hydrogen (secondary N) is 1. The van der Waals surface area contributed by atoms with Gasteiger partial charge in [0.15, 0.2) is 0 Å². The van der Waals surface area contributed by atoms with Crippen molar-refractivity contribution in [1.29, 1.82) is 0 Å². The molecular formula is C13H14ClN3OS. The van der Waals surface area contributed by atoms with E-state index < -0.39 is 0 Å². The summed E-state index contributed by atoms with van der Waals surface area (Å²) in [6.07, 6.45) is 1.79. The van der Waals surface area contributed by atoms with Crippen molar-refractivity contribution in [2.45, 2.75) is 19.9 Å². The van der Waals surface area contributed by atoms with Crippen LogP contribution in [0.3, 0.4) is 0 Å². The van der Waals surface area contributed by atoms with Gasteiger partial charge in [-0.1, -0.05) is 17.7 Å². The summed E-state index contributed by atoms with van der Waals surface area (Å²) in [5.41, 5.74) is 6.47. The number of nitrogens with zero attached hydrogens (tertiary/aromatic N) is 1. The number of hydrogen-bond donors (Lipinski definition) is 2. The highest BCUT2D eigenvalue weighted by Crippen LogP contribution is 2.24. The molecule has 0 aliphatic heterocycles. The standard InChI is InChI=1S/C13H14ClN3OS/c1-7-6-16-13(19-7)8(2)17-12(18)9-4-3-5-10(14)11(9)15/h3-6,8H,15H2,1-2H3,(H,17,18). The van der Waals surface area contributed by atoms with Gasteiger partial charge in [-0.15, -0.1) is 11.3 Å². The summed E-state index contributed by atoms with van der Waals surface area (Å²) < 4.78 is 0. The number of benzene rings is 1. The summed E-state index contributed by atoms with van der Waals surface area (Å²) in [5, 5.41) is 4.11. The van der Waals surface area contributed by atoms with Crippen molar-refractivity contribution in [3.05, 3.63) is 44.9 Å². The highest BCUT2D eigenvalue weighted by Gasteiger charge is 2.16. The molecule has 0 fully saturated rings. The third-order valence-corrected chi connectivity index (χ3v) is 4.08. The third-order valence-electron chi connectivity index (χ3n) is 2.65. The van der Waals surface area contributed by atoms with Crippen LogP contribution in [0.25, 0.3) is 0 Å². The van der Waals surface area contributed by atoms with Crippen molar-refractivity contribution in [1.82, 2.24) is 10.3 Å². The number of aromatic nitrogens is 1. The van der Waals surface area contributed by atoms with Crippen LogP contribution in [0, 0.1) is 6.92 Å². The second kappa shape index (κ2) is 5.59. The van der Waals surface area contributed by atoms with Crippen molar-refractivity contribution in [3.8, 4) is 0 Å². The van der Waals surface area contributed by atoms with Gasteiger partial charge in [0.25, 0.3) is 5.91 Å². The zero-order valence-corrected chi connectivity index (χ0v) is 12.2. The average molecular weight is 296 g/mol. The Labute approximate surface area is 120 Å². The molecule has 1 heterocycles. The minimum Gasteiger partial charge on any atom is -0.397 e. The molecule has 1 amide bonds. The molecule has 6 heteroatoms. The first-order chi connectivity index (χ1) is 8.99. The van der Waals surface area contributed by atoms with E-state index in [1.54, 1.807) is 35.7 Å². The lowest BCUT2D eigenvalue weighted by molar-refractivity contribution is 0.0940. The molecule has 2 aromatic rings. The molecule has 1 atom stereocenters. The van der Waals surface area contributed by atoms with Gasteiger partial charge in [-0.25, -0.2) is 4.98 Å². The van der Waals surface area contributed by atoms with E-state index in [-0.39, 0.29) is 11.9 Å². The van der Waals surface area contributed by atoms with E-state index in [1.807, 2.05) is 13.8 Å². The molecule has 0 bridgehead atoms. The van der Waals surface area contributed by atoms with Gasteiger partial charge in [-0.05, 0) is 26.0 Å². The number of anilines is 1. The zero-order chi connectivity index (χ0) is 14.0. The predicted molar refractivity (Wildman–Crippen MR) is 78.6 cm³/mol. The Morgan fingerprint density at radius 1 is 1.53 bits per heavy atom. The summed E-state index contributed by atoms with van der Waals surface area (Å²) >= 11 is 7.46. The number of para-hydroxylation sites is 1. The number of thiazole rings is 1. The van der Waals surface area contributed by atoms with Crippen molar-refractivity contribution in [3.63, 3.8) is 0 Å². The van der Waals surface area contributed by atoms with Crippen LogP contribution >= 0.6 is 22.9 Å². The van der Waals surface area contributed by atoms with Crippen LogP contribution in [0.15, 0.2) is 24.4 Å². The molecule has 0 aliphatic rings. The number of hydrogen-bond acceptors (Lipinski definition) is 4. The first-order valence-electron chi connectivity index (χ1n) is 5.76. The lowest BCUT2D eigenvalue weighted by atomic mass is 10.1. The molecule has 0 saturated carbocycles. The summed E-state index contributed by atoms with van der Waals surface area (Å²) in [6.45, 7) is 3.86. The molecule has 2 rings (SSSR count). The van der Waals surface area contributed by atoms with Crippen LogP contribution in [-0.4, -0.2) is 10.9 Å². The number of rotatable bonds is 3. The molecule has 4 nitrogen and oxygen atoms in total. The topological polar surface area (TPSA) is 68.0 Å². The Bertz CT molecular complexity index is 612. The molecule has 1 unspecified atom stereocenters. The zero-order valence-electron chi connectivity index (χ0n) is 10.6. The highest BCUT2D eigenvalue weighted by atomic mass is 35.5. The number of nitrogens with two attached hydrogens (primary N) is 1. The molecule has 3 N–H and O–H groups in total. The first-order valence-corrected chi connectivity index (χ1v) is 6.95. The SMILES string of the molecule is Cc1cnc(C(C)NC(=O)c2cccc(Cl)c2N)s1. The van der Waals surface area contributed by atoms with Gasteiger partial charge in [-0.3, -0.25) is 4.79 Å². The highest BCUT2D eigenvalue weighted by molar-refractivity contribution is 7.11. The Morgan fingerprint density at radius 3 is 2.89 bits per heavy atom. The van der Waals surface area contributed by atoms with Crippen molar-refractivity contribution >= 4 is 34.5 Å². The fourth-order valence-corrected chi connectivity index (χ4v) is 2.59. The predicted octanol–water partition coefficient (Wildman–Crippen LogP) is 3.18. The van der Waals surface area contributed by atoms with E-state index in [1.165, 1.54) is 0 Å². The number of halogens is 1. The van der Waals surface area contributed by atoms with Gasteiger partial charge < -0.3 is 11.1 Å². The smallest absolute Gasteiger partial charge is 0.253 e. The van der Waals surface area contributed by atoms with Crippen molar-refractivity contribution in [2.75, 3.05) is 5.73 Å². The van der Waals surface area contributed by atoms with Gasteiger partial charge in [0.1, 0.15) is 5.01 Å². The molecule has 1 aromatic heterocycles. The molecule has 0 spiro atoms. The Kier molecular flexibility index (Phi) is 4.07. The monoisotopic (exact) mass is 295 g/mol. The number of nitrogen functional groups attached to an aromatic ring is 1. The van der Waals surface area contributed by atoms with Gasteiger partial charge in [0.2, 0.25) is 0 Å². The molecule has 0 saturated heterocycles. The molecule has 0 radical (unpaired) electrons. The summed E-state index contributed by atoms with van der Waals surface area (Å²) in [4.78, 5) is 17.5. The Hall–Kier alpha value is -1.59. The second-order valence-electron chi connectivity index (χ2n) is 4.21. The van der Waals surface area contributed by atoms with E-state index in [4.69, 9.17) is 17.3 Å². The van der Waals surface area contributed by atoms with E-state index in [9.17, 15) is 4.79 Å². The van der Waals surface area contributed by atoms with Crippen molar-refractivity contribution < 1.29 is 4.79 Å². The Morgan fingerprint density at radius 2 is 2.26 bits per heavy atom. The second-order valence-corrected chi connectivity index (χ2v) is 5.88. The van der Waals surface area contributed by atoms with E-state index in [0.717, 1.165) is 9.88 Å². The molecule has 0 aliphatic carbocycles. The van der Waals surface area contributed by atoms with E-state index in [0.29, 0.717) is 16.3 Å². The lowest BCUT2D eigenvalue weighted by Crippen LogP contribution is -2.27. The number of carbonyl (C=O) groups excluding carboxylic acids is 1. The number of aryl methyl sites for hydroxylation is 1. The van der Waals surface area contributed by atoms with Crippen LogP contribution in [0.4, 0.5) is 5.69 Å². The maximum absolute atomic E-state index is 12.1. The number of carbonyl (C=O) groups is 1. The normalized spacial score (nSPS) is 12.2. The maximum Gasteiger partial charge on any atom is 0.253 e. The summed E-state index contributed by atoms with van der Waals surface area (Å²) in [6, 6.07) is 4.84. The fourth-order valence-electron chi connectivity index (χ4n) is 1.64. The summed E-state index contributed by atoms with van der Waals surface area (Å²) in [7, 11) is 0. The first kappa shape index (κ1) is 13.8. The minimum atomic E-state index is -0.250. The van der Waals surface area contributed by atoms with Crippen LogP contribution in [0.5, 0.6) is 0 Å². The number of amides is 1. The minimum absolute atomic E-state index is 0.162. The Balaban J connectivity index is 2.15. The van der Waals surface area contributed by atoms with Gasteiger partial charge >= 0.3 is 0 Å². The van der Waals surface area contributed by atoms with Gasteiger partial charge in [-0.2, -0.15) is 0 Å². The van der Waals surface area contributed by atoms with Gasteiger partial charge in [0.05, 0.1) is 22.3 Å². The van der Waals surface area contributed by atoms with E-state index in [2.05, 4.69) is 10.3 Å². The van der Waals surface area contributed by atoms with Crippen LogP contribution < -0.4 is 11.1 Å². The van der Waals surface area contributed by atoms with Crippen LogP contribution in [0.1, 0.15) is 33.2 Å². The maximum atomic E-state index is 12.1. The van der Waals surface area contributed by atoms with Crippen LogP contribution in [0.2, 0.25) is 5.02 Å². The fraction of sp³-hybridized carbons (Fsp3) is 0.231. The molecule has 19 heavy (non-hydrogen) atoms. The summed E-state index contributed by atoms with van der Waals surface area (Å²) in [5.74, 6) is -0.250. The molecule has 100 valence electrons. The van der Waals surface area contributed by atoms with Crippen molar-refractivity contribution in [2.24, 2.45) is 0 Å². The molecule has 1 aromatic carbocycles. The third kappa shape index (κ3) is 3.05.